The van der Waals surface area contributed by atoms with E-state index in [1.54, 1.807) is 12.1 Å². The number of ether oxygens (including phenoxy) is 1. The molecule has 178 valence electrons. The summed E-state index contributed by atoms with van der Waals surface area (Å²) in [6.45, 7) is 3.25. The van der Waals surface area contributed by atoms with Gasteiger partial charge in [0.2, 0.25) is 0 Å². The van der Waals surface area contributed by atoms with Gasteiger partial charge in [0.1, 0.15) is 18.1 Å². The van der Waals surface area contributed by atoms with Gasteiger partial charge in [0.05, 0.1) is 10.9 Å². The summed E-state index contributed by atoms with van der Waals surface area (Å²) in [6.07, 6.45) is 0.782. The number of carbonyl (C=O) groups is 2. The van der Waals surface area contributed by atoms with Crippen LogP contribution in [0.3, 0.4) is 0 Å². The second-order valence-corrected chi connectivity index (χ2v) is 9.26. The molecule has 3 heterocycles. The lowest BCUT2D eigenvalue weighted by molar-refractivity contribution is 0.0699. The summed E-state index contributed by atoms with van der Waals surface area (Å²) in [5.74, 6) is 1.32. The molecule has 0 fully saturated rings. The minimum absolute atomic E-state index is 0.0410. The molecule has 2 aromatic heterocycles. The van der Waals surface area contributed by atoms with Crippen molar-refractivity contribution in [3.63, 3.8) is 0 Å². The third kappa shape index (κ3) is 4.86. The molecule has 1 atom stereocenters. The van der Waals surface area contributed by atoms with Crippen LogP contribution in [0.5, 0.6) is 5.75 Å². The molecule has 0 saturated heterocycles. The van der Waals surface area contributed by atoms with Gasteiger partial charge in [-0.3, -0.25) is 9.59 Å². The van der Waals surface area contributed by atoms with Crippen molar-refractivity contribution in [2.45, 2.75) is 26.0 Å². The molecule has 1 unspecified atom stereocenters. The zero-order chi connectivity index (χ0) is 24.2. The number of rotatable bonds is 7. The zero-order valence-electron chi connectivity index (χ0n) is 19.4. The molecule has 2 aromatic carbocycles. The number of nitrogens with one attached hydrogen (secondary N) is 1. The SMILES string of the molecule is CCNC(=O)c1ccc(COc2ccc3c(c2)C(c2ccccc2)N(C(=O)c2cccs2)CC3)o1. The van der Waals surface area contributed by atoms with Crippen LogP contribution in [0.2, 0.25) is 0 Å². The maximum atomic E-state index is 13.4. The van der Waals surface area contributed by atoms with E-state index < -0.39 is 0 Å². The van der Waals surface area contributed by atoms with Crippen LogP contribution in [0.25, 0.3) is 0 Å². The van der Waals surface area contributed by atoms with Crippen LogP contribution < -0.4 is 10.1 Å². The third-order valence-corrected chi connectivity index (χ3v) is 6.92. The lowest BCUT2D eigenvalue weighted by atomic mass is 9.88. The maximum absolute atomic E-state index is 13.4. The van der Waals surface area contributed by atoms with Crippen molar-refractivity contribution >= 4 is 23.2 Å². The van der Waals surface area contributed by atoms with Crippen LogP contribution >= 0.6 is 11.3 Å². The molecule has 0 aliphatic carbocycles. The minimum atomic E-state index is -0.242. The van der Waals surface area contributed by atoms with E-state index in [4.69, 9.17) is 9.15 Å². The fourth-order valence-corrected chi connectivity index (χ4v) is 5.10. The first-order valence-corrected chi connectivity index (χ1v) is 12.5. The van der Waals surface area contributed by atoms with Crippen molar-refractivity contribution in [3.8, 4) is 5.75 Å². The van der Waals surface area contributed by atoms with Gasteiger partial charge in [0, 0.05) is 13.1 Å². The molecule has 1 aliphatic heterocycles. The lowest BCUT2D eigenvalue weighted by Gasteiger charge is -2.37. The van der Waals surface area contributed by atoms with Gasteiger partial charge in [-0.15, -0.1) is 11.3 Å². The average Bonchev–Trinajstić information content (AvgIpc) is 3.60. The van der Waals surface area contributed by atoms with Crippen LogP contribution in [0.15, 0.2) is 82.6 Å². The number of hydrogen-bond donors (Lipinski definition) is 1. The predicted octanol–water partition coefficient (Wildman–Crippen LogP) is 5.46. The summed E-state index contributed by atoms with van der Waals surface area (Å²) < 4.78 is 11.7. The number of thiophene rings is 1. The number of hydrogen-bond acceptors (Lipinski definition) is 5. The van der Waals surface area contributed by atoms with Crippen LogP contribution in [0, 0.1) is 0 Å². The van der Waals surface area contributed by atoms with E-state index in [1.165, 1.54) is 16.9 Å². The van der Waals surface area contributed by atoms with Crippen molar-refractivity contribution in [1.29, 1.82) is 0 Å². The Morgan fingerprint density at radius 3 is 2.71 bits per heavy atom. The van der Waals surface area contributed by atoms with Crippen LogP contribution in [-0.2, 0) is 13.0 Å². The molecule has 0 spiro atoms. The Morgan fingerprint density at radius 1 is 1.09 bits per heavy atom. The quantitative estimate of drug-likeness (QED) is 0.377. The maximum Gasteiger partial charge on any atom is 0.286 e. The summed E-state index contributed by atoms with van der Waals surface area (Å²) in [4.78, 5) is 28.1. The highest BCUT2D eigenvalue weighted by atomic mass is 32.1. The van der Waals surface area contributed by atoms with Gasteiger partial charge < -0.3 is 19.4 Å². The van der Waals surface area contributed by atoms with E-state index in [0.717, 1.165) is 22.4 Å². The molecular formula is C28H26N2O4S. The van der Waals surface area contributed by atoms with E-state index in [2.05, 4.69) is 23.5 Å². The van der Waals surface area contributed by atoms with Gasteiger partial charge in [-0.05, 0) is 65.7 Å². The highest BCUT2D eigenvalue weighted by molar-refractivity contribution is 7.12. The number of carbonyl (C=O) groups excluding carboxylic acids is 2. The van der Waals surface area contributed by atoms with Crippen molar-refractivity contribution in [3.05, 3.63) is 111 Å². The summed E-state index contributed by atoms with van der Waals surface area (Å²) in [5, 5.41) is 4.65. The molecule has 2 amide bonds. The zero-order valence-corrected chi connectivity index (χ0v) is 20.2. The molecule has 35 heavy (non-hydrogen) atoms. The highest BCUT2D eigenvalue weighted by Gasteiger charge is 2.33. The molecule has 0 radical (unpaired) electrons. The Balaban J connectivity index is 1.41. The van der Waals surface area contributed by atoms with Gasteiger partial charge in [0.25, 0.3) is 11.8 Å². The van der Waals surface area contributed by atoms with E-state index in [9.17, 15) is 9.59 Å². The van der Waals surface area contributed by atoms with Gasteiger partial charge in [-0.25, -0.2) is 0 Å². The summed E-state index contributed by atoms with van der Waals surface area (Å²) in [6, 6.07) is 23.1. The number of nitrogens with zero attached hydrogens (tertiary/aromatic N) is 1. The van der Waals surface area contributed by atoms with Gasteiger partial charge in [0.15, 0.2) is 5.76 Å². The summed E-state index contributed by atoms with van der Waals surface area (Å²) in [5.41, 5.74) is 3.33. The van der Waals surface area contributed by atoms with Crippen molar-refractivity contribution < 1.29 is 18.7 Å². The first-order valence-electron chi connectivity index (χ1n) is 11.7. The van der Waals surface area contributed by atoms with Gasteiger partial charge in [-0.2, -0.15) is 0 Å². The van der Waals surface area contributed by atoms with Gasteiger partial charge in [-0.1, -0.05) is 42.5 Å². The monoisotopic (exact) mass is 486 g/mol. The number of amides is 2. The topological polar surface area (TPSA) is 71.8 Å². The second kappa shape index (κ2) is 10.2. The standard InChI is InChI=1S/C28H26N2O4S/c1-2-29-27(31)24-13-12-22(34-24)18-33-21-11-10-19-14-15-30(28(32)25-9-6-16-35-25)26(23(19)17-21)20-7-4-3-5-8-20/h3-13,16-17,26H,2,14-15,18H2,1H3,(H,29,31). The molecule has 7 heteroatoms. The Bertz CT molecular complexity index is 1310. The minimum Gasteiger partial charge on any atom is -0.486 e. The summed E-state index contributed by atoms with van der Waals surface area (Å²) >= 11 is 1.46. The number of furan rings is 1. The molecule has 5 rings (SSSR count). The fourth-order valence-electron chi connectivity index (χ4n) is 4.42. The van der Waals surface area contributed by atoms with Crippen molar-refractivity contribution in [2.75, 3.05) is 13.1 Å². The molecule has 1 N–H and O–H groups in total. The van der Waals surface area contributed by atoms with Crippen LogP contribution in [-0.4, -0.2) is 29.8 Å². The number of fused-ring (bicyclic) bond motifs is 1. The molecule has 0 bridgehead atoms. The largest absolute Gasteiger partial charge is 0.486 e. The molecule has 4 aromatic rings. The Morgan fingerprint density at radius 2 is 1.94 bits per heavy atom. The van der Waals surface area contributed by atoms with Crippen molar-refractivity contribution in [2.24, 2.45) is 0 Å². The molecular weight excluding hydrogens is 460 g/mol. The normalized spacial score (nSPS) is 14.9. The van der Waals surface area contributed by atoms with E-state index >= 15 is 0 Å². The first kappa shape index (κ1) is 22.9. The fraction of sp³-hybridized carbons (Fsp3) is 0.214. The van der Waals surface area contributed by atoms with E-state index in [1.807, 2.05) is 59.7 Å². The highest BCUT2D eigenvalue weighted by Crippen LogP contribution is 2.38. The number of benzene rings is 2. The Labute approximate surface area is 208 Å². The second-order valence-electron chi connectivity index (χ2n) is 8.31. The summed E-state index contributed by atoms with van der Waals surface area (Å²) in [7, 11) is 0. The van der Waals surface area contributed by atoms with E-state index in [0.29, 0.717) is 24.6 Å². The predicted molar refractivity (Wildman–Crippen MR) is 135 cm³/mol. The smallest absolute Gasteiger partial charge is 0.286 e. The van der Waals surface area contributed by atoms with Crippen LogP contribution in [0.1, 0.15) is 55.6 Å². The Kier molecular flexibility index (Phi) is 6.68. The lowest BCUT2D eigenvalue weighted by Crippen LogP contribution is -2.40. The van der Waals surface area contributed by atoms with Crippen LogP contribution in [0.4, 0.5) is 0 Å². The van der Waals surface area contributed by atoms with Crippen molar-refractivity contribution in [1.82, 2.24) is 10.2 Å². The Hall–Kier alpha value is -3.84. The van der Waals surface area contributed by atoms with Gasteiger partial charge >= 0.3 is 0 Å². The molecule has 6 nitrogen and oxygen atoms in total. The molecule has 1 aliphatic rings. The molecule has 0 saturated carbocycles. The first-order chi connectivity index (χ1) is 17.1. The third-order valence-electron chi connectivity index (χ3n) is 6.06. The van der Waals surface area contributed by atoms with E-state index in [-0.39, 0.29) is 30.2 Å². The average molecular weight is 487 g/mol.